The molecule has 0 spiro atoms. The minimum atomic E-state index is -0.453. The van der Waals surface area contributed by atoms with Crippen LogP contribution in [0.2, 0.25) is 0 Å². The van der Waals surface area contributed by atoms with Crippen molar-refractivity contribution in [2.75, 3.05) is 36.0 Å². The predicted octanol–water partition coefficient (Wildman–Crippen LogP) is 1.79. The first kappa shape index (κ1) is 20.7. The second-order valence-electron chi connectivity index (χ2n) is 7.68. The van der Waals surface area contributed by atoms with Crippen molar-refractivity contribution in [3.05, 3.63) is 54.1 Å². The molecule has 2 heterocycles. The Labute approximate surface area is 181 Å². The maximum atomic E-state index is 12.2. The Balaban J connectivity index is 1.20. The van der Waals surface area contributed by atoms with Gasteiger partial charge in [0, 0.05) is 30.9 Å². The van der Waals surface area contributed by atoms with Crippen LogP contribution in [0, 0.1) is 0 Å². The van der Waals surface area contributed by atoms with Crippen LogP contribution in [0.4, 0.5) is 11.4 Å². The molecule has 0 radical (unpaired) electrons. The largest absolute Gasteiger partial charge is 0.484 e. The smallest absolute Gasteiger partial charge is 0.276 e. The average Bonchev–Trinajstić information content (AvgIpc) is 3.23. The summed E-state index contributed by atoms with van der Waals surface area (Å²) in [4.78, 5) is 39.8. The summed E-state index contributed by atoms with van der Waals surface area (Å²) in [5.41, 5.74) is 7.96. The molecule has 0 saturated carbocycles. The molecule has 0 unspecified atom stereocenters. The van der Waals surface area contributed by atoms with E-state index < -0.39 is 5.91 Å². The number of aryl methyl sites for hydroxylation is 1. The molecule has 31 heavy (non-hydrogen) atoms. The molecule has 0 aliphatic carbocycles. The van der Waals surface area contributed by atoms with Crippen molar-refractivity contribution in [3.63, 3.8) is 0 Å². The fourth-order valence-corrected chi connectivity index (χ4v) is 3.96. The van der Waals surface area contributed by atoms with Crippen LogP contribution < -0.4 is 25.4 Å². The summed E-state index contributed by atoms with van der Waals surface area (Å²) >= 11 is 0. The summed E-state index contributed by atoms with van der Waals surface area (Å²) in [7, 11) is 0. The van der Waals surface area contributed by atoms with Gasteiger partial charge in [-0.3, -0.25) is 25.2 Å². The normalized spacial score (nSPS) is 15.4. The van der Waals surface area contributed by atoms with E-state index in [9.17, 15) is 14.4 Å². The SMILES string of the molecule is O=C(COc1ccc(N2CCCC2=O)cc1)NNC(=O)CN1CCCc2ccccc21. The first-order valence-corrected chi connectivity index (χ1v) is 10.5. The van der Waals surface area contributed by atoms with Gasteiger partial charge >= 0.3 is 0 Å². The molecule has 2 aromatic carbocycles. The Kier molecular flexibility index (Phi) is 6.35. The Morgan fingerprint density at radius 2 is 1.65 bits per heavy atom. The number of hydrazine groups is 1. The number of hydrogen-bond donors (Lipinski definition) is 2. The number of amides is 3. The predicted molar refractivity (Wildman–Crippen MR) is 117 cm³/mol. The van der Waals surface area contributed by atoms with E-state index in [4.69, 9.17) is 4.74 Å². The zero-order valence-electron chi connectivity index (χ0n) is 17.3. The highest BCUT2D eigenvalue weighted by atomic mass is 16.5. The molecular weight excluding hydrogens is 396 g/mol. The molecule has 2 N–H and O–H groups in total. The van der Waals surface area contributed by atoms with Gasteiger partial charge in [-0.05, 0) is 55.2 Å². The quantitative estimate of drug-likeness (QED) is 0.693. The van der Waals surface area contributed by atoms with E-state index in [1.54, 1.807) is 29.2 Å². The average molecular weight is 422 g/mol. The lowest BCUT2D eigenvalue weighted by Crippen LogP contribution is -2.48. The highest BCUT2D eigenvalue weighted by Gasteiger charge is 2.21. The van der Waals surface area contributed by atoms with E-state index in [-0.39, 0.29) is 25.0 Å². The second-order valence-corrected chi connectivity index (χ2v) is 7.68. The summed E-state index contributed by atoms with van der Waals surface area (Å²) in [6.45, 7) is 1.48. The summed E-state index contributed by atoms with van der Waals surface area (Å²) in [6.07, 6.45) is 3.45. The number of hydrogen-bond acceptors (Lipinski definition) is 5. The molecule has 0 atom stereocenters. The molecule has 3 amide bonds. The second kappa shape index (κ2) is 9.51. The lowest BCUT2D eigenvalue weighted by molar-refractivity contribution is -0.129. The third-order valence-corrected chi connectivity index (χ3v) is 5.47. The van der Waals surface area contributed by atoms with Gasteiger partial charge in [0.1, 0.15) is 5.75 Å². The molecule has 0 aromatic heterocycles. The number of rotatable bonds is 6. The number of anilines is 2. The Morgan fingerprint density at radius 1 is 0.903 bits per heavy atom. The first-order chi connectivity index (χ1) is 15.1. The number of nitrogens with one attached hydrogen (secondary N) is 2. The van der Waals surface area contributed by atoms with Crippen LogP contribution in [-0.4, -0.2) is 44.0 Å². The van der Waals surface area contributed by atoms with E-state index in [1.165, 1.54) is 5.56 Å². The molecular formula is C23H26N4O4. The maximum Gasteiger partial charge on any atom is 0.276 e. The van der Waals surface area contributed by atoms with Crippen molar-refractivity contribution in [3.8, 4) is 5.75 Å². The van der Waals surface area contributed by atoms with Crippen molar-refractivity contribution in [2.45, 2.75) is 25.7 Å². The third kappa shape index (κ3) is 5.14. The van der Waals surface area contributed by atoms with Crippen molar-refractivity contribution < 1.29 is 19.1 Å². The van der Waals surface area contributed by atoms with Crippen LogP contribution in [0.25, 0.3) is 0 Å². The van der Waals surface area contributed by atoms with E-state index in [1.807, 2.05) is 23.1 Å². The fraction of sp³-hybridized carbons (Fsp3) is 0.348. The van der Waals surface area contributed by atoms with Gasteiger partial charge in [-0.1, -0.05) is 18.2 Å². The summed E-state index contributed by atoms with van der Waals surface area (Å²) in [5, 5.41) is 0. The standard InChI is InChI=1S/C23H26N4O4/c28-21(15-26-13-3-6-17-5-1-2-7-20(17)26)24-25-22(29)16-31-19-11-9-18(10-12-19)27-14-4-8-23(27)30/h1-2,5,7,9-12H,3-4,6,8,13-16H2,(H,24,28)(H,25,29). The highest BCUT2D eigenvalue weighted by Crippen LogP contribution is 2.26. The Morgan fingerprint density at radius 3 is 2.42 bits per heavy atom. The van der Waals surface area contributed by atoms with Crippen molar-refractivity contribution in [1.29, 1.82) is 0 Å². The van der Waals surface area contributed by atoms with Crippen LogP contribution in [0.15, 0.2) is 48.5 Å². The molecule has 8 nitrogen and oxygen atoms in total. The highest BCUT2D eigenvalue weighted by molar-refractivity contribution is 5.95. The van der Waals surface area contributed by atoms with Crippen molar-refractivity contribution in [2.24, 2.45) is 0 Å². The number of benzene rings is 2. The Hall–Kier alpha value is -3.55. The lowest BCUT2D eigenvalue weighted by atomic mass is 10.0. The van der Waals surface area contributed by atoms with E-state index in [0.29, 0.717) is 12.2 Å². The summed E-state index contributed by atoms with van der Waals surface area (Å²) < 4.78 is 5.46. The number of fused-ring (bicyclic) bond motifs is 1. The van der Waals surface area contributed by atoms with E-state index >= 15 is 0 Å². The van der Waals surface area contributed by atoms with Crippen LogP contribution >= 0.6 is 0 Å². The molecule has 1 saturated heterocycles. The molecule has 1 fully saturated rings. The van der Waals surface area contributed by atoms with Gasteiger partial charge in [-0.25, -0.2) is 0 Å². The van der Waals surface area contributed by atoms with Crippen LogP contribution in [0.1, 0.15) is 24.8 Å². The van der Waals surface area contributed by atoms with Crippen LogP contribution in [-0.2, 0) is 20.8 Å². The van der Waals surface area contributed by atoms with Gasteiger partial charge in [0.05, 0.1) is 6.54 Å². The minimum Gasteiger partial charge on any atom is -0.484 e. The molecule has 4 rings (SSSR count). The number of para-hydroxylation sites is 1. The Bertz CT molecular complexity index is 960. The molecule has 8 heteroatoms. The molecule has 2 aromatic rings. The van der Waals surface area contributed by atoms with Gasteiger partial charge in [0.2, 0.25) is 5.91 Å². The summed E-state index contributed by atoms with van der Waals surface area (Å²) in [6, 6.07) is 15.1. The maximum absolute atomic E-state index is 12.2. The topological polar surface area (TPSA) is 91.0 Å². The monoisotopic (exact) mass is 422 g/mol. The van der Waals surface area contributed by atoms with Crippen LogP contribution in [0.5, 0.6) is 5.75 Å². The van der Waals surface area contributed by atoms with Gasteiger partial charge in [0.15, 0.2) is 6.61 Å². The zero-order chi connectivity index (χ0) is 21.6. The number of nitrogens with zero attached hydrogens (tertiary/aromatic N) is 2. The lowest BCUT2D eigenvalue weighted by Gasteiger charge is -2.30. The molecule has 2 aliphatic rings. The molecule has 2 aliphatic heterocycles. The zero-order valence-corrected chi connectivity index (χ0v) is 17.3. The van der Waals surface area contributed by atoms with Crippen molar-refractivity contribution in [1.82, 2.24) is 10.9 Å². The van der Waals surface area contributed by atoms with Crippen LogP contribution in [0.3, 0.4) is 0 Å². The van der Waals surface area contributed by atoms with Crippen molar-refractivity contribution >= 4 is 29.1 Å². The fourth-order valence-electron chi connectivity index (χ4n) is 3.96. The van der Waals surface area contributed by atoms with E-state index in [0.717, 1.165) is 43.7 Å². The third-order valence-electron chi connectivity index (χ3n) is 5.47. The molecule has 0 bridgehead atoms. The van der Waals surface area contributed by atoms with Gasteiger partial charge in [-0.15, -0.1) is 0 Å². The van der Waals surface area contributed by atoms with Gasteiger partial charge in [0.25, 0.3) is 11.8 Å². The van der Waals surface area contributed by atoms with Gasteiger partial charge in [-0.2, -0.15) is 0 Å². The minimum absolute atomic E-state index is 0.122. The molecule has 162 valence electrons. The van der Waals surface area contributed by atoms with Gasteiger partial charge < -0.3 is 14.5 Å². The first-order valence-electron chi connectivity index (χ1n) is 10.5. The summed E-state index contributed by atoms with van der Waals surface area (Å²) in [5.74, 6) is -0.102. The van der Waals surface area contributed by atoms with E-state index in [2.05, 4.69) is 16.9 Å². The number of ether oxygens (including phenoxy) is 1. The number of carbonyl (C=O) groups excluding carboxylic acids is 3. The number of carbonyl (C=O) groups is 3.